The Morgan fingerprint density at radius 1 is 0.952 bits per heavy atom. The van der Waals surface area contributed by atoms with Gasteiger partial charge in [0.25, 0.3) is 0 Å². The molecule has 3 rings (SSSR count). The maximum Gasteiger partial charge on any atom is 0.358 e. The van der Waals surface area contributed by atoms with Crippen LogP contribution in [0, 0.1) is 0 Å². The van der Waals surface area contributed by atoms with Crippen molar-refractivity contribution in [2.24, 2.45) is 0 Å². The first-order valence-electron chi connectivity index (χ1n) is 7.43. The number of aliphatic hydroxyl groups is 1. The Balaban J connectivity index is 0.000000194. The Bertz CT molecular complexity index is 461. The molecule has 1 heterocycles. The lowest BCUT2D eigenvalue weighted by Gasteiger charge is -2.05. The Hall–Kier alpha value is -1.62. The van der Waals surface area contributed by atoms with E-state index in [2.05, 4.69) is 5.32 Å². The smallest absolute Gasteiger partial charge is 0.358 e. The summed E-state index contributed by atoms with van der Waals surface area (Å²) in [5, 5.41) is 21.7. The Morgan fingerprint density at radius 3 is 1.81 bits per heavy atom. The largest absolute Gasteiger partial charge is 0.443 e. The van der Waals surface area contributed by atoms with Gasteiger partial charge in [0, 0.05) is 6.04 Å². The zero-order valence-electron chi connectivity index (χ0n) is 12.2. The molecule has 4 heteroatoms. The van der Waals surface area contributed by atoms with Crippen molar-refractivity contribution in [2.45, 2.75) is 18.9 Å². The van der Waals surface area contributed by atoms with E-state index in [1.807, 2.05) is 60.7 Å². The highest BCUT2D eigenvalue weighted by Crippen LogP contribution is 2.02. The van der Waals surface area contributed by atoms with Crippen molar-refractivity contribution in [2.75, 3.05) is 13.2 Å². The molecule has 3 nitrogen and oxygen atoms in total. The molecule has 0 radical (unpaired) electrons. The average Bonchev–Trinajstić information content (AvgIpc) is 3.10. The maximum atomic E-state index is 9.99. The second kappa shape index (κ2) is 8.62. The van der Waals surface area contributed by atoms with Crippen LogP contribution in [0.2, 0.25) is 0 Å². The fourth-order valence-corrected chi connectivity index (χ4v) is 2.38. The second-order valence-corrected chi connectivity index (χ2v) is 5.20. The van der Waals surface area contributed by atoms with Gasteiger partial charge in [0.1, 0.15) is 0 Å². The fraction of sp³-hybridized carbons (Fsp3) is 0.294. The quantitative estimate of drug-likeness (QED) is 0.720. The molecule has 110 valence electrons. The third kappa shape index (κ3) is 5.01. The summed E-state index contributed by atoms with van der Waals surface area (Å²) in [6, 6.07) is 19.7. The molecule has 0 saturated carbocycles. The molecule has 0 spiro atoms. The minimum Gasteiger partial charge on any atom is -0.443 e. The van der Waals surface area contributed by atoms with Gasteiger partial charge >= 0.3 is 6.92 Å². The molecule has 0 bridgehead atoms. The molecule has 1 saturated heterocycles. The van der Waals surface area contributed by atoms with E-state index in [1.165, 1.54) is 6.42 Å². The number of nitrogens with one attached hydrogen (secondary N) is 1. The van der Waals surface area contributed by atoms with Crippen molar-refractivity contribution in [1.29, 1.82) is 0 Å². The molecule has 0 aromatic heterocycles. The topological polar surface area (TPSA) is 52.5 Å². The van der Waals surface area contributed by atoms with E-state index in [-0.39, 0.29) is 0 Å². The summed E-state index contributed by atoms with van der Waals surface area (Å²) < 4.78 is 0. The summed E-state index contributed by atoms with van der Waals surface area (Å²) in [6.07, 6.45) is 2.38. The Morgan fingerprint density at radius 2 is 1.48 bits per heavy atom. The Kier molecular flexibility index (Phi) is 6.47. The lowest BCUT2D eigenvalue weighted by atomic mass is 9.56. The second-order valence-electron chi connectivity index (χ2n) is 5.20. The van der Waals surface area contributed by atoms with E-state index in [9.17, 15) is 5.02 Å². The van der Waals surface area contributed by atoms with Gasteiger partial charge < -0.3 is 15.4 Å². The summed E-state index contributed by atoms with van der Waals surface area (Å²) in [5.74, 6) is 0. The van der Waals surface area contributed by atoms with E-state index in [0.29, 0.717) is 12.6 Å². The summed E-state index contributed by atoms with van der Waals surface area (Å²) in [4.78, 5) is 0. The zero-order valence-corrected chi connectivity index (χ0v) is 12.2. The van der Waals surface area contributed by atoms with Crippen molar-refractivity contribution in [1.82, 2.24) is 5.32 Å². The molecule has 1 atom stereocenters. The summed E-state index contributed by atoms with van der Waals surface area (Å²) in [7, 11) is 0. The first-order valence-corrected chi connectivity index (χ1v) is 7.43. The SMILES string of the molecule is OB(c1ccccc1)c1ccccc1.OC[C@@H]1CCCN1. The van der Waals surface area contributed by atoms with Crippen molar-refractivity contribution in [3.8, 4) is 0 Å². The van der Waals surface area contributed by atoms with Crippen LogP contribution in [0.15, 0.2) is 60.7 Å². The van der Waals surface area contributed by atoms with Crippen LogP contribution in [0.1, 0.15) is 12.8 Å². The Labute approximate surface area is 126 Å². The number of benzene rings is 2. The predicted molar refractivity (Wildman–Crippen MR) is 88.2 cm³/mol. The van der Waals surface area contributed by atoms with Gasteiger partial charge in [-0.25, -0.2) is 0 Å². The molecule has 1 aliphatic heterocycles. The van der Waals surface area contributed by atoms with E-state index >= 15 is 0 Å². The van der Waals surface area contributed by atoms with E-state index < -0.39 is 6.92 Å². The van der Waals surface area contributed by atoms with Gasteiger partial charge in [-0.15, -0.1) is 0 Å². The monoisotopic (exact) mass is 283 g/mol. The molecular weight excluding hydrogens is 261 g/mol. The molecule has 0 aliphatic carbocycles. The van der Waals surface area contributed by atoms with Gasteiger partial charge in [-0.2, -0.15) is 0 Å². The lowest BCUT2D eigenvalue weighted by Crippen LogP contribution is -2.41. The fourth-order valence-electron chi connectivity index (χ4n) is 2.38. The number of aliphatic hydroxyl groups excluding tert-OH is 1. The maximum absolute atomic E-state index is 9.99. The van der Waals surface area contributed by atoms with Crippen LogP contribution in [0.25, 0.3) is 0 Å². The standard InChI is InChI=1S/C12H11BO.C5H11NO/c14-13(11-7-3-1-4-8-11)12-9-5-2-6-10-12;7-4-5-2-1-3-6-5/h1-10,14H;5-7H,1-4H2/t;5-/m.0/s1. The summed E-state index contributed by atoms with van der Waals surface area (Å²) >= 11 is 0. The van der Waals surface area contributed by atoms with Crippen LogP contribution < -0.4 is 16.2 Å². The molecule has 0 unspecified atom stereocenters. The lowest BCUT2D eigenvalue weighted by molar-refractivity contribution is 0.255. The highest BCUT2D eigenvalue weighted by molar-refractivity contribution is 6.78. The minimum atomic E-state index is -0.516. The van der Waals surface area contributed by atoms with E-state index in [4.69, 9.17) is 5.11 Å². The van der Waals surface area contributed by atoms with Gasteiger partial charge in [0.2, 0.25) is 0 Å². The molecule has 1 aliphatic rings. The number of rotatable bonds is 3. The number of hydrogen-bond acceptors (Lipinski definition) is 3. The van der Waals surface area contributed by atoms with Crippen LogP contribution in [-0.4, -0.2) is 36.2 Å². The third-order valence-corrected chi connectivity index (χ3v) is 3.61. The van der Waals surface area contributed by atoms with Gasteiger partial charge in [-0.3, -0.25) is 0 Å². The molecule has 21 heavy (non-hydrogen) atoms. The zero-order chi connectivity index (χ0) is 14.9. The first kappa shape index (κ1) is 15.8. The van der Waals surface area contributed by atoms with Gasteiger partial charge in [0.15, 0.2) is 0 Å². The van der Waals surface area contributed by atoms with Crippen LogP contribution in [0.4, 0.5) is 0 Å². The summed E-state index contributed by atoms with van der Waals surface area (Å²) in [5.41, 5.74) is 1.86. The van der Waals surface area contributed by atoms with Crippen LogP contribution >= 0.6 is 0 Å². The van der Waals surface area contributed by atoms with Crippen molar-refractivity contribution in [3.63, 3.8) is 0 Å². The third-order valence-electron chi connectivity index (χ3n) is 3.61. The van der Waals surface area contributed by atoms with Crippen LogP contribution in [0.5, 0.6) is 0 Å². The summed E-state index contributed by atoms with van der Waals surface area (Å²) in [6.45, 7) is 0.878. The van der Waals surface area contributed by atoms with Gasteiger partial charge in [0.05, 0.1) is 6.61 Å². The normalized spacial score (nSPS) is 17.0. The highest BCUT2D eigenvalue weighted by Gasteiger charge is 2.15. The van der Waals surface area contributed by atoms with Crippen LogP contribution in [0.3, 0.4) is 0 Å². The molecule has 3 N–H and O–H groups in total. The molecule has 2 aromatic rings. The highest BCUT2D eigenvalue weighted by atomic mass is 16.3. The first-order chi connectivity index (χ1) is 10.3. The van der Waals surface area contributed by atoms with Gasteiger partial charge in [-0.1, -0.05) is 60.7 Å². The van der Waals surface area contributed by atoms with Crippen molar-refractivity contribution in [3.05, 3.63) is 60.7 Å². The molecule has 0 amide bonds. The van der Waals surface area contributed by atoms with Crippen LogP contribution in [-0.2, 0) is 0 Å². The van der Waals surface area contributed by atoms with Gasteiger partial charge in [-0.05, 0) is 30.3 Å². The van der Waals surface area contributed by atoms with Crippen molar-refractivity contribution < 1.29 is 10.1 Å². The predicted octanol–water partition coefficient (Wildman–Crippen LogP) is 0.515. The molecule has 2 aromatic carbocycles. The van der Waals surface area contributed by atoms with E-state index in [0.717, 1.165) is 23.9 Å². The van der Waals surface area contributed by atoms with Crippen molar-refractivity contribution >= 4 is 17.8 Å². The average molecular weight is 283 g/mol. The number of hydrogen-bond donors (Lipinski definition) is 3. The molecular formula is C17H22BNO2. The molecule has 1 fully saturated rings. The minimum absolute atomic E-state index is 0.306. The van der Waals surface area contributed by atoms with E-state index in [1.54, 1.807) is 0 Å².